The SMILES string of the molecule is Cc1ccc2c(c1)c1c(n2CCc2nc(-c3ccccc3)cs2)CCN(C)C1. The van der Waals surface area contributed by atoms with Crippen molar-refractivity contribution in [3.63, 3.8) is 0 Å². The molecule has 3 nitrogen and oxygen atoms in total. The van der Waals surface area contributed by atoms with Crippen LogP contribution >= 0.6 is 11.3 Å². The minimum atomic E-state index is 0.984. The van der Waals surface area contributed by atoms with Gasteiger partial charge >= 0.3 is 0 Å². The number of thiazole rings is 1. The fraction of sp³-hybridized carbons (Fsp3) is 0.292. The van der Waals surface area contributed by atoms with Crippen LogP contribution in [0.25, 0.3) is 22.2 Å². The van der Waals surface area contributed by atoms with Crippen LogP contribution in [0.5, 0.6) is 0 Å². The minimum Gasteiger partial charge on any atom is -0.344 e. The van der Waals surface area contributed by atoms with Crippen molar-refractivity contribution in [1.29, 1.82) is 0 Å². The molecule has 4 aromatic rings. The molecule has 2 aromatic heterocycles. The third-order valence-electron chi connectivity index (χ3n) is 5.77. The van der Waals surface area contributed by atoms with Gasteiger partial charge in [-0.05, 0) is 31.7 Å². The van der Waals surface area contributed by atoms with E-state index in [0.29, 0.717) is 0 Å². The molecule has 5 rings (SSSR count). The van der Waals surface area contributed by atoms with Crippen LogP contribution in [0.1, 0.15) is 21.8 Å². The average Bonchev–Trinajstić information content (AvgIpc) is 3.30. The maximum absolute atomic E-state index is 4.90. The highest BCUT2D eigenvalue weighted by Crippen LogP contribution is 2.32. The number of aromatic nitrogens is 2. The summed E-state index contributed by atoms with van der Waals surface area (Å²) in [5, 5.41) is 4.84. The lowest BCUT2D eigenvalue weighted by molar-refractivity contribution is 0.309. The molecule has 0 amide bonds. The van der Waals surface area contributed by atoms with Crippen LogP contribution in [0.2, 0.25) is 0 Å². The number of likely N-dealkylation sites (N-methyl/N-ethyl adjacent to an activating group) is 1. The van der Waals surface area contributed by atoms with Gasteiger partial charge in [-0.3, -0.25) is 0 Å². The number of nitrogens with zero attached hydrogens (tertiary/aromatic N) is 3. The van der Waals surface area contributed by atoms with Gasteiger partial charge < -0.3 is 9.47 Å². The first kappa shape index (κ1) is 17.7. The lowest BCUT2D eigenvalue weighted by Gasteiger charge is -2.24. The van der Waals surface area contributed by atoms with E-state index in [0.717, 1.165) is 38.2 Å². The van der Waals surface area contributed by atoms with Gasteiger partial charge in [-0.25, -0.2) is 4.98 Å². The van der Waals surface area contributed by atoms with Crippen LogP contribution in [-0.4, -0.2) is 28.0 Å². The Hall–Kier alpha value is -2.43. The molecule has 0 spiro atoms. The first-order chi connectivity index (χ1) is 13.7. The summed E-state index contributed by atoms with van der Waals surface area (Å²) in [6.07, 6.45) is 2.12. The first-order valence-corrected chi connectivity index (χ1v) is 10.9. The van der Waals surface area contributed by atoms with E-state index < -0.39 is 0 Å². The summed E-state index contributed by atoms with van der Waals surface area (Å²) in [6, 6.07) is 17.4. The maximum atomic E-state index is 4.90. The Balaban J connectivity index is 1.45. The third-order valence-corrected chi connectivity index (χ3v) is 6.68. The predicted octanol–water partition coefficient (Wildman–Crippen LogP) is 5.30. The number of hydrogen-bond acceptors (Lipinski definition) is 3. The van der Waals surface area contributed by atoms with Crippen molar-refractivity contribution >= 4 is 22.2 Å². The van der Waals surface area contributed by atoms with Gasteiger partial charge in [0.05, 0.1) is 10.7 Å². The van der Waals surface area contributed by atoms with Gasteiger partial charge in [-0.15, -0.1) is 11.3 Å². The van der Waals surface area contributed by atoms with E-state index in [9.17, 15) is 0 Å². The summed E-state index contributed by atoms with van der Waals surface area (Å²) < 4.78 is 2.56. The van der Waals surface area contributed by atoms with Gasteiger partial charge in [0.2, 0.25) is 0 Å². The summed E-state index contributed by atoms with van der Waals surface area (Å²) >= 11 is 1.78. The standard InChI is InChI=1S/C24H25N3S/c1-17-8-9-22-19(14-17)20-15-26(2)12-10-23(20)27(22)13-11-24-25-21(16-28-24)18-6-4-3-5-7-18/h3-9,14,16H,10-13,15H2,1-2H3. The van der Waals surface area contributed by atoms with E-state index in [1.165, 1.54) is 38.3 Å². The van der Waals surface area contributed by atoms with Crippen molar-refractivity contribution in [1.82, 2.24) is 14.5 Å². The van der Waals surface area contributed by atoms with E-state index in [-0.39, 0.29) is 0 Å². The lowest BCUT2D eigenvalue weighted by atomic mass is 10.0. The minimum absolute atomic E-state index is 0.984. The molecule has 1 aliphatic rings. The van der Waals surface area contributed by atoms with Crippen LogP contribution in [-0.2, 0) is 25.9 Å². The Morgan fingerprint density at radius 1 is 1.11 bits per heavy atom. The normalized spacial score (nSPS) is 14.5. The zero-order valence-electron chi connectivity index (χ0n) is 16.5. The number of aryl methyl sites for hydroxylation is 3. The summed E-state index contributed by atoms with van der Waals surface area (Å²) in [4.78, 5) is 7.33. The second kappa shape index (κ2) is 7.19. The molecule has 0 fully saturated rings. The van der Waals surface area contributed by atoms with Crippen molar-refractivity contribution < 1.29 is 0 Å². The van der Waals surface area contributed by atoms with Crippen LogP contribution in [0, 0.1) is 6.92 Å². The Kier molecular flexibility index (Phi) is 4.53. The van der Waals surface area contributed by atoms with E-state index in [1.54, 1.807) is 11.3 Å². The van der Waals surface area contributed by atoms with Crippen LogP contribution in [0.3, 0.4) is 0 Å². The van der Waals surface area contributed by atoms with Gasteiger partial charge in [0.1, 0.15) is 0 Å². The van der Waals surface area contributed by atoms with Gasteiger partial charge in [-0.2, -0.15) is 0 Å². The molecule has 0 bridgehead atoms. The highest BCUT2D eigenvalue weighted by molar-refractivity contribution is 7.09. The number of fused-ring (bicyclic) bond motifs is 3. The molecule has 0 saturated carbocycles. The molecule has 0 atom stereocenters. The second-order valence-corrected chi connectivity index (χ2v) is 8.77. The van der Waals surface area contributed by atoms with Crippen molar-refractivity contribution in [2.75, 3.05) is 13.6 Å². The zero-order chi connectivity index (χ0) is 19.1. The number of hydrogen-bond donors (Lipinski definition) is 0. The Morgan fingerprint density at radius 2 is 1.96 bits per heavy atom. The predicted molar refractivity (Wildman–Crippen MR) is 118 cm³/mol. The Morgan fingerprint density at radius 3 is 2.82 bits per heavy atom. The van der Waals surface area contributed by atoms with E-state index >= 15 is 0 Å². The molecule has 1 aliphatic heterocycles. The fourth-order valence-electron chi connectivity index (χ4n) is 4.33. The van der Waals surface area contributed by atoms with E-state index in [1.807, 2.05) is 0 Å². The summed E-state index contributed by atoms with van der Waals surface area (Å²) in [5.74, 6) is 0. The lowest BCUT2D eigenvalue weighted by Crippen LogP contribution is -2.27. The van der Waals surface area contributed by atoms with E-state index in [2.05, 4.69) is 77.3 Å². The van der Waals surface area contributed by atoms with Crippen molar-refractivity contribution in [2.24, 2.45) is 0 Å². The molecular weight excluding hydrogens is 362 g/mol. The maximum Gasteiger partial charge on any atom is 0.0950 e. The van der Waals surface area contributed by atoms with Crippen molar-refractivity contribution in [2.45, 2.75) is 32.9 Å². The average molecular weight is 388 g/mol. The van der Waals surface area contributed by atoms with Crippen LogP contribution < -0.4 is 0 Å². The summed E-state index contributed by atoms with van der Waals surface area (Å²) in [7, 11) is 2.22. The molecular formula is C24H25N3S. The zero-order valence-corrected chi connectivity index (χ0v) is 17.3. The van der Waals surface area contributed by atoms with Gasteiger partial charge in [0.15, 0.2) is 0 Å². The topological polar surface area (TPSA) is 21.1 Å². The van der Waals surface area contributed by atoms with Crippen molar-refractivity contribution in [3.05, 3.63) is 75.7 Å². The smallest absolute Gasteiger partial charge is 0.0950 e. The highest BCUT2D eigenvalue weighted by Gasteiger charge is 2.22. The van der Waals surface area contributed by atoms with Gasteiger partial charge in [-0.1, -0.05) is 42.0 Å². The highest BCUT2D eigenvalue weighted by atomic mass is 32.1. The quantitative estimate of drug-likeness (QED) is 0.473. The van der Waals surface area contributed by atoms with Gasteiger partial charge in [0.25, 0.3) is 0 Å². The monoisotopic (exact) mass is 387 g/mol. The van der Waals surface area contributed by atoms with Crippen molar-refractivity contribution in [3.8, 4) is 11.3 Å². The summed E-state index contributed by atoms with van der Waals surface area (Å²) in [6.45, 7) is 5.38. The molecule has 28 heavy (non-hydrogen) atoms. The molecule has 0 radical (unpaired) electrons. The number of benzene rings is 2. The largest absolute Gasteiger partial charge is 0.344 e. The molecule has 0 N–H and O–H groups in total. The fourth-order valence-corrected chi connectivity index (χ4v) is 5.13. The molecule has 0 unspecified atom stereocenters. The molecule has 2 aromatic carbocycles. The second-order valence-electron chi connectivity index (χ2n) is 7.83. The number of rotatable bonds is 4. The molecule has 0 aliphatic carbocycles. The summed E-state index contributed by atoms with van der Waals surface area (Å²) in [5.41, 5.74) is 8.07. The molecule has 4 heteroatoms. The van der Waals surface area contributed by atoms with Crippen LogP contribution in [0.4, 0.5) is 0 Å². The Labute approximate surface area is 170 Å². The third kappa shape index (κ3) is 3.17. The van der Waals surface area contributed by atoms with Gasteiger partial charge in [0, 0.05) is 60.0 Å². The van der Waals surface area contributed by atoms with E-state index in [4.69, 9.17) is 4.98 Å². The molecule has 142 valence electrons. The molecule has 0 saturated heterocycles. The van der Waals surface area contributed by atoms with Crippen LogP contribution in [0.15, 0.2) is 53.9 Å². The first-order valence-electron chi connectivity index (χ1n) is 9.98. The Bertz CT molecular complexity index is 1120. The molecule has 3 heterocycles.